The van der Waals surface area contributed by atoms with Gasteiger partial charge in [0.1, 0.15) is 5.82 Å². The van der Waals surface area contributed by atoms with E-state index in [4.69, 9.17) is 0 Å². The minimum atomic E-state index is -0.245. The Morgan fingerprint density at radius 1 is 1.30 bits per heavy atom. The van der Waals surface area contributed by atoms with Gasteiger partial charge in [-0.25, -0.2) is 4.39 Å². The first-order valence-corrected chi connectivity index (χ1v) is 8.08. The summed E-state index contributed by atoms with van der Waals surface area (Å²) in [6, 6.07) is 6.25. The number of carbonyl (C=O) groups excluding carboxylic acids is 1. The fourth-order valence-electron chi connectivity index (χ4n) is 2.18. The third-order valence-corrected chi connectivity index (χ3v) is 4.39. The average Bonchev–Trinajstić information content (AvgIpc) is 2.46. The number of benzene rings is 1. The summed E-state index contributed by atoms with van der Waals surface area (Å²) in [5.74, 6) is 0.604. The molecular formula is C16H24FNOS. The van der Waals surface area contributed by atoms with Crippen LogP contribution in [-0.4, -0.2) is 12.3 Å². The van der Waals surface area contributed by atoms with Crippen molar-refractivity contribution in [3.8, 4) is 0 Å². The molecular weight excluding hydrogens is 273 g/mol. The molecule has 0 saturated carbocycles. The van der Waals surface area contributed by atoms with Crippen LogP contribution in [0.15, 0.2) is 29.2 Å². The van der Waals surface area contributed by atoms with E-state index in [-0.39, 0.29) is 17.5 Å². The van der Waals surface area contributed by atoms with Crippen LogP contribution in [0, 0.1) is 17.7 Å². The van der Waals surface area contributed by atoms with Crippen LogP contribution in [0.5, 0.6) is 0 Å². The quantitative estimate of drug-likeness (QED) is 0.683. The molecule has 0 aliphatic rings. The summed E-state index contributed by atoms with van der Waals surface area (Å²) < 4.78 is 15.9. The van der Waals surface area contributed by atoms with Crippen LogP contribution >= 0.6 is 11.9 Å². The number of nitrogens with one attached hydrogen (secondary N) is 1. The molecule has 0 heterocycles. The number of carbonyl (C=O) groups is 1. The van der Waals surface area contributed by atoms with E-state index in [2.05, 4.69) is 25.5 Å². The van der Waals surface area contributed by atoms with E-state index in [1.165, 1.54) is 24.1 Å². The maximum absolute atomic E-state index is 12.8. The molecule has 0 aliphatic heterocycles. The lowest BCUT2D eigenvalue weighted by Crippen LogP contribution is -2.29. The number of Topliss-reactive ketones (excluding diaryl/α,β-unsaturated/α-hetero) is 1. The zero-order chi connectivity index (χ0) is 15.0. The molecule has 1 N–H and O–H groups in total. The maximum atomic E-state index is 12.8. The molecule has 2 unspecified atom stereocenters. The highest BCUT2D eigenvalue weighted by atomic mass is 32.2. The van der Waals surface area contributed by atoms with E-state index in [1.54, 1.807) is 12.1 Å². The largest absolute Gasteiger partial charge is 0.298 e. The monoisotopic (exact) mass is 297 g/mol. The highest BCUT2D eigenvalue weighted by Gasteiger charge is 2.22. The molecule has 0 aromatic heterocycles. The number of hydrogen-bond donors (Lipinski definition) is 1. The third kappa shape index (κ3) is 5.63. The zero-order valence-electron chi connectivity index (χ0n) is 12.5. The average molecular weight is 297 g/mol. The number of rotatable bonds is 9. The third-order valence-electron chi connectivity index (χ3n) is 3.59. The first kappa shape index (κ1) is 17.2. The SMILES string of the molecule is CCCC(C(=O)CNSc1ccc(F)cc1)C(C)CC. The van der Waals surface area contributed by atoms with Gasteiger partial charge in [0.15, 0.2) is 5.78 Å². The minimum Gasteiger partial charge on any atom is -0.298 e. The van der Waals surface area contributed by atoms with Crippen molar-refractivity contribution < 1.29 is 9.18 Å². The van der Waals surface area contributed by atoms with Crippen molar-refractivity contribution >= 4 is 17.7 Å². The number of hydrogen-bond acceptors (Lipinski definition) is 3. The molecule has 0 saturated heterocycles. The van der Waals surface area contributed by atoms with Crippen molar-refractivity contribution in [3.63, 3.8) is 0 Å². The van der Waals surface area contributed by atoms with Gasteiger partial charge in [0.05, 0.1) is 6.54 Å². The predicted octanol–water partition coefficient (Wildman–Crippen LogP) is 4.45. The highest BCUT2D eigenvalue weighted by Crippen LogP contribution is 2.22. The molecule has 4 heteroatoms. The van der Waals surface area contributed by atoms with Crippen LogP contribution in [0.2, 0.25) is 0 Å². The molecule has 0 fully saturated rings. The lowest BCUT2D eigenvalue weighted by Gasteiger charge is -2.21. The van der Waals surface area contributed by atoms with E-state index in [0.29, 0.717) is 12.5 Å². The fraction of sp³-hybridized carbons (Fsp3) is 0.562. The molecule has 0 spiro atoms. The molecule has 0 aliphatic carbocycles. The fourth-order valence-corrected chi connectivity index (χ4v) is 2.84. The molecule has 1 aromatic carbocycles. The van der Waals surface area contributed by atoms with E-state index < -0.39 is 0 Å². The van der Waals surface area contributed by atoms with Gasteiger partial charge >= 0.3 is 0 Å². The Kier molecular flexibility index (Phi) is 7.85. The van der Waals surface area contributed by atoms with Gasteiger partial charge < -0.3 is 0 Å². The van der Waals surface area contributed by atoms with Gasteiger partial charge in [0.25, 0.3) is 0 Å². The summed E-state index contributed by atoms with van der Waals surface area (Å²) in [5.41, 5.74) is 0. The van der Waals surface area contributed by atoms with E-state index >= 15 is 0 Å². The molecule has 1 aromatic rings. The molecule has 20 heavy (non-hydrogen) atoms. The van der Waals surface area contributed by atoms with Crippen LogP contribution in [0.1, 0.15) is 40.0 Å². The first-order valence-electron chi connectivity index (χ1n) is 7.26. The van der Waals surface area contributed by atoms with Crippen LogP contribution in [0.3, 0.4) is 0 Å². The summed E-state index contributed by atoms with van der Waals surface area (Å²) in [4.78, 5) is 13.2. The summed E-state index contributed by atoms with van der Waals surface area (Å²) >= 11 is 1.37. The Morgan fingerprint density at radius 3 is 2.50 bits per heavy atom. The smallest absolute Gasteiger partial charge is 0.150 e. The zero-order valence-corrected chi connectivity index (χ0v) is 13.3. The standard InChI is InChI=1S/C16H24FNOS/c1-4-6-15(12(3)5-2)16(19)11-18-20-14-9-7-13(17)8-10-14/h7-10,12,15,18H,4-6,11H2,1-3H3. The van der Waals surface area contributed by atoms with Gasteiger partial charge in [-0.1, -0.05) is 33.6 Å². The number of halogens is 1. The minimum absolute atomic E-state index is 0.145. The molecule has 2 nitrogen and oxygen atoms in total. The van der Waals surface area contributed by atoms with Crippen LogP contribution in [0.25, 0.3) is 0 Å². The second-order valence-corrected chi connectivity index (χ2v) is 6.09. The Labute approximate surface area is 125 Å². The molecule has 0 radical (unpaired) electrons. The Balaban J connectivity index is 2.42. The second kappa shape index (κ2) is 9.14. The summed E-state index contributed by atoms with van der Waals surface area (Å²) in [5, 5.41) is 0. The Morgan fingerprint density at radius 2 is 1.95 bits per heavy atom. The summed E-state index contributed by atoms with van der Waals surface area (Å²) in [6.45, 7) is 6.74. The van der Waals surface area contributed by atoms with Crippen molar-refractivity contribution in [2.45, 2.75) is 44.9 Å². The highest BCUT2D eigenvalue weighted by molar-refractivity contribution is 7.97. The van der Waals surface area contributed by atoms with Crippen molar-refractivity contribution in [1.82, 2.24) is 4.72 Å². The lowest BCUT2D eigenvalue weighted by molar-refractivity contribution is -0.123. The van der Waals surface area contributed by atoms with Gasteiger partial charge in [0.2, 0.25) is 0 Å². The van der Waals surface area contributed by atoms with Crippen LogP contribution < -0.4 is 4.72 Å². The van der Waals surface area contributed by atoms with Gasteiger partial charge in [-0.3, -0.25) is 9.52 Å². The maximum Gasteiger partial charge on any atom is 0.150 e. The van der Waals surface area contributed by atoms with Crippen molar-refractivity contribution in [2.75, 3.05) is 6.54 Å². The van der Waals surface area contributed by atoms with Crippen LogP contribution in [0.4, 0.5) is 4.39 Å². The number of ketones is 1. The van der Waals surface area contributed by atoms with Gasteiger partial charge in [-0.2, -0.15) is 0 Å². The molecule has 0 amide bonds. The van der Waals surface area contributed by atoms with Gasteiger partial charge in [-0.15, -0.1) is 0 Å². The van der Waals surface area contributed by atoms with Crippen molar-refractivity contribution in [1.29, 1.82) is 0 Å². The molecule has 2 atom stereocenters. The van der Waals surface area contributed by atoms with Gasteiger partial charge in [0, 0.05) is 10.8 Å². The van der Waals surface area contributed by atoms with E-state index in [1.807, 2.05) is 0 Å². The Bertz CT molecular complexity index is 407. The molecule has 112 valence electrons. The van der Waals surface area contributed by atoms with E-state index in [0.717, 1.165) is 24.2 Å². The summed E-state index contributed by atoms with van der Waals surface area (Å²) in [6.07, 6.45) is 3.02. The Hall–Kier alpha value is -0.870. The van der Waals surface area contributed by atoms with Gasteiger partial charge in [-0.05, 0) is 48.6 Å². The second-order valence-electron chi connectivity index (χ2n) is 5.12. The van der Waals surface area contributed by atoms with Crippen molar-refractivity contribution in [3.05, 3.63) is 30.1 Å². The van der Waals surface area contributed by atoms with E-state index in [9.17, 15) is 9.18 Å². The summed E-state index contributed by atoms with van der Waals surface area (Å²) in [7, 11) is 0. The predicted molar refractivity (Wildman–Crippen MR) is 83.1 cm³/mol. The van der Waals surface area contributed by atoms with Crippen LogP contribution in [-0.2, 0) is 4.79 Å². The normalized spacial score (nSPS) is 14.0. The lowest BCUT2D eigenvalue weighted by atomic mass is 9.85. The van der Waals surface area contributed by atoms with Crippen molar-refractivity contribution in [2.24, 2.45) is 11.8 Å². The molecule has 1 rings (SSSR count). The topological polar surface area (TPSA) is 29.1 Å². The first-order chi connectivity index (χ1) is 9.58. The molecule has 0 bridgehead atoms.